The Labute approximate surface area is 183 Å². The molecule has 2 aromatic carbocycles. The van der Waals surface area contributed by atoms with Crippen LogP contribution in [0.5, 0.6) is 0 Å². The summed E-state index contributed by atoms with van der Waals surface area (Å²) in [5.41, 5.74) is 4.47. The molecular weight excluding hydrogens is 390 g/mol. The van der Waals surface area contributed by atoms with E-state index < -0.39 is 0 Å². The molecule has 7 heteroatoms. The first-order chi connectivity index (χ1) is 14.9. The smallest absolute Gasteiger partial charge is 0.328 e. The van der Waals surface area contributed by atoms with Crippen molar-refractivity contribution >= 4 is 17.6 Å². The molecule has 3 fully saturated rings. The number of urea groups is 1. The first kappa shape index (κ1) is 20.0. The van der Waals surface area contributed by atoms with Crippen LogP contribution in [0.15, 0.2) is 48.5 Å². The molecular formula is C24H29N5O2. The Kier molecular flexibility index (Phi) is 4.95. The van der Waals surface area contributed by atoms with Crippen LogP contribution in [0.25, 0.3) is 0 Å². The molecule has 3 aliphatic heterocycles. The molecule has 162 valence electrons. The second kappa shape index (κ2) is 7.66. The van der Waals surface area contributed by atoms with Crippen molar-refractivity contribution in [3.05, 3.63) is 65.2 Å². The van der Waals surface area contributed by atoms with E-state index in [1.54, 1.807) is 11.9 Å². The Morgan fingerprint density at radius 3 is 2.26 bits per heavy atom. The maximum absolute atomic E-state index is 13.6. The number of nitrogens with one attached hydrogen (secondary N) is 1. The lowest BCUT2D eigenvalue weighted by atomic mass is 10.1. The number of aryl methyl sites for hydroxylation is 2. The van der Waals surface area contributed by atoms with E-state index in [0.29, 0.717) is 6.54 Å². The van der Waals surface area contributed by atoms with Gasteiger partial charge in [0.05, 0.1) is 6.54 Å². The van der Waals surface area contributed by atoms with E-state index in [-0.39, 0.29) is 30.4 Å². The van der Waals surface area contributed by atoms with Gasteiger partial charge >= 0.3 is 6.03 Å². The summed E-state index contributed by atoms with van der Waals surface area (Å²) in [5, 5.41) is 3.57. The molecule has 3 aliphatic rings. The molecule has 0 aromatic heterocycles. The maximum Gasteiger partial charge on any atom is 0.328 e. The van der Waals surface area contributed by atoms with Crippen LogP contribution in [0.3, 0.4) is 0 Å². The summed E-state index contributed by atoms with van der Waals surface area (Å²) >= 11 is 0. The Morgan fingerprint density at radius 1 is 0.935 bits per heavy atom. The molecule has 0 spiro atoms. The summed E-state index contributed by atoms with van der Waals surface area (Å²) in [5.74, 6) is -0.116. The van der Waals surface area contributed by atoms with Crippen molar-refractivity contribution < 1.29 is 9.59 Å². The molecule has 3 atom stereocenters. The molecule has 7 nitrogen and oxygen atoms in total. The van der Waals surface area contributed by atoms with E-state index in [9.17, 15) is 9.59 Å². The van der Waals surface area contributed by atoms with Gasteiger partial charge in [-0.1, -0.05) is 47.5 Å². The zero-order chi connectivity index (χ0) is 21.7. The first-order valence-corrected chi connectivity index (χ1v) is 10.9. The number of anilines is 1. The topological polar surface area (TPSA) is 59.1 Å². The summed E-state index contributed by atoms with van der Waals surface area (Å²) in [7, 11) is 1.79. The van der Waals surface area contributed by atoms with Gasteiger partial charge in [-0.3, -0.25) is 19.9 Å². The number of carbonyl (C=O) groups excluding carboxylic acids is 2. The van der Waals surface area contributed by atoms with E-state index >= 15 is 0 Å². The van der Waals surface area contributed by atoms with Crippen LogP contribution in [0, 0.1) is 13.8 Å². The molecule has 0 radical (unpaired) electrons. The van der Waals surface area contributed by atoms with Crippen molar-refractivity contribution in [2.75, 3.05) is 25.0 Å². The van der Waals surface area contributed by atoms with Crippen molar-refractivity contribution in [1.82, 2.24) is 20.0 Å². The molecule has 0 bridgehead atoms. The number of nitrogens with zero attached hydrogens (tertiary/aromatic N) is 4. The minimum absolute atomic E-state index is 0.106. The Balaban J connectivity index is 1.42. The average molecular weight is 420 g/mol. The highest BCUT2D eigenvalue weighted by Gasteiger charge is 2.56. The van der Waals surface area contributed by atoms with Crippen LogP contribution in [0.4, 0.5) is 10.5 Å². The lowest BCUT2D eigenvalue weighted by Gasteiger charge is -2.44. The summed E-state index contributed by atoms with van der Waals surface area (Å²) in [4.78, 5) is 34.3. The zero-order valence-corrected chi connectivity index (χ0v) is 18.3. The third-order valence-electron chi connectivity index (χ3n) is 6.70. The first-order valence-electron chi connectivity index (χ1n) is 10.9. The zero-order valence-electron chi connectivity index (χ0n) is 18.3. The number of imide groups is 1. The quantitative estimate of drug-likeness (QED) is 0.828. The maximum atomic E-state index is 13.6. The van der Waals surface area contributed by atoms with Crippen LogP contribution in [-0.2, 0) is 11.3 Å². The van der Waals surface area contributed by atoms with Gasteiger partial charge in [0.1, 0.15) is 18.5 Å². The van der Waals surface area contributed by atoms with Gasteiger partial charge in [0.25, 0.3) is 5.91 Å². The number of hydrogen-bond acceptors (Lipinski definition) is 5. The van der Waals surface area contributed by atoms with Gasteiger partial charge in [-0.25, -0.2) is 4.79 Å². The number of fused-ring (bicyclic) bond motifs is 3. The van der Waals surface area contributed by atoms with Gasteiger partial charge in [0.15, 0.2) is 0 Å². The molecule has 1 N–H and O–H groups in total. The third kappa shape index (κ3) is 3.38. The predicted octanol–water partition coefficient (Wildman–Crippen LogP) is 2.49. The van der Waals surface area contributed by atoms with E-state index in [4.69, 9.17) is 0 Å². The van der Waals surface area contributed by atoms with Crippen molar-refractivity contribution in [1.29, 1.82) is 0 Å². The van der Waals surface area contributed by atoms with Crippen LogP contribution in [-0.4, -0.2) is 65.3 Å². The van der Waals surface area contributed by atoms with Gasteiger partial charge < -0.3 is 9.80 Å². The summed E-state index contributed by atoms with van der Waals surface area (Å²) < 4.78 is 0. The largest absolute Gasteiger partial charge is 0.343 e. The second-order valence-electron chi connectivity index (χ2n) is 8.85. The highest BCUT2D eigenvalue weighted by atomic mass is 16.2. The minimum atomic E-state index is -0.383. The average Bonchev–Trinajstić information content (AvgIpc) is 3.17. The number of benzene rings is 2. The van der Waals surface area contributed by atoms with E-state index in [2.05, 4.69) is 46.3 Å². The van der Waals surface area contributed by atoms with E-state index in [1.807, 2.05) is 31.2 Å². The molecule has 5 rings (SSSR count). The number of carbonyl (C=O) groups is 2. The summed E-state index contributed by atoms with van der Waals surface area (Å²) in [6, 6.07) is 15.8. The standard InChI is InChI=1S/C24H29N5O2/c1-16-5-9-18(10-6-16)15-29-22(30)20-21(26(3)24(29)31)25-23-27(13-4-14-28(20)23)19-11-7-17(2)8-12-19/h5-12,20-21,23,25H,4,13-15H2,1-3H3. The second-order valence-corrected chi connectivity index (χ2v) is 8.85. The van der Waals surface area contributed by atoms with Crippen LogP contribution in [0.2, 0.25) is 0 Å². The van der Waals surface area contributed by atoms with Gasteiger partial charge in [0.2, 0.25) is 0 Å². The number of amides is 3. The number of hydrogen-bond donors (Lipinski definition) is 1. The van der Waals surface area contributed by atoms with Gasteiger partial charge in [-0.2, -0.15) is 0 Å². The van der Waals surface area contributed by atoms with Crippen molar-refractivity contribution in [2.24, 2.45) is 0 Å². The Bertz CT molecular complexity index is 990. The van der Waals surface area contributed by atoms with Crippen molar-refractivity contribution in [3.8, 4) is 0 Å². The molecule has 3 saturated heterocycles. The lowest BCUT2D eigenvalue weighted by molar-refractivity contribution is -0.139. The van der Waals surface area contributed by atoms with Crippen LogP contribution >= 0.6 is 0 Å². The Hall–Kier alpha value is -2.90. The lowest BCUT2D eigenvalue weighted by Crippen LogP contribution is -2.66. The van der Waals surface area contributed by atoms with Crippen LogP contribution < -0.4 is 10.2 Å². The van der Waals surface area contributed by atoms with E-state index in [0.717, 1.165) is 36.3 Å². The molecule has 31 heavy (non-hydrogen) atoms. The Morgan fingerprint density at radius 2 is 1.58 bits per heavy atom. The van der Waals surface area contributed by atoms with Gasteiger partial charge in [-0.05, 0) is 38.0 Å². The molecule has 3 heterocycles. The summed E-state index contributed by atoms with van der Waals surface area (Å²) in [6.07, 6.45) is 0.536. The highest BCUT2D eigenvalue weighted by molar-refractivity contribution is 6.00. The number of rotatable bonds is 3. The molecule has 3 amide bonds. The van der Waals surface area contributed by atoms with Crippen LogP contribution in [0.1, 0.15) is 23.1 Å². The van der Waals surface area contributed by atoms with Crippen molar-refractivity contribution in [2.45, 2.75) is 45.3 Å². The fraction of sp³-hybridized carbons (Fsp3) is 0.417. The predicted molar refractivity (Wildman–Crippen MR) is 119 cm³/mol. The molecule has 0 aliphatic carbocycles. The summed E-state index contributed by atoms with van der Waals surface area (Å²) in [6.45, 7) is 6.14. The normalized spacial score (nSPS) is 26.3. The van der Waals surface area contributed by atoms with Gasteiger partial charge in [-0.15, -0.1) is 0 Å². The molecule has 3 unspecified atom stereocenters. The monoisotopic (exact) mass is 419 g/mol. The molecule has 0 saturated carbocycles. The minimum Gasteiger partial charge on any atom is -0.343 e. The van der Waals surface area contributed by atoms with Gasteiger partial charge in [0, 0.05) is 25.8 Å². The fourth-order valence-electron chi connectivity index (χ4n) is 4.94. The SMILES string of the molecule is Cc1ccc(CN2C(=O)C3C(NC4N(c5ccc(C)cc5)CCCN34)N(C)C2=O)cc1. The fourth-order valence-corrected chi connectivity index (χ4v) is 4.94. The number of likely N-dealkylation sites (N-methyl/N-ethyl adjacent to an activating group) is 1. The van der Waals surface area contributed by atoms with E-state index in [1.165, 1.54) is 10.5 Å². The van der Waals surface area contributed by atoms with Crippen molar-refractivity contribution in [3.63, 3.8) is 0 Å². The molecule has 2 aromatic rings. The highest BCUT2D eigenvalue weighted by Crippen LogP contribution is 2.33. The third-order valence-corrected chi connectivity index (χ3v) is 6.70.